The van der Waals surface area contributed by atoms with E-state index in [1.807, 2.05) is 49.4 Å². The Kier molecular flexibility index (Phi) is 8.50. The first-order valence-electron chi connectivity index (χ1n) is 10.3. The number of hydrogen-bond acceptors (Lipinski definition) is 3. The van der Waals surface area contributed by atoms with Crippen molar-refractivity contribution in [3.05, 3.63) is 87.9 Å². The van der Waals surface area contributed by atoms with Gasteiger partial charge in [0.1, 0.15) is 6.54 Å². The zero-order valence-electron chi connectivity index (χ0n) is 17.9. The molecule has 1 amide bonds. The molecule has 0 heterocycles. The molecule has 0 aliphatic heterocycles. The van der Waals surface area contributed by atoms with Gasteiger partial charge in [-0.05, 0) is 52.2 Å². The van der Waals surface area contributed by atoms with Crippen molar-refractivity contribution in [2.75, 3.05) is 25.6 Å². The molecule has 3 rings (SSSR count). The third-order valence-electron chi connectivity index (χ3n) is 4.92. The summed E-state index contributed by atoms with van der Waals surface area (Å²) >= 11 is 3.56. The monoisotopic (exact) mass is 483 g/mol. The van der Waals surface area contributed by atoms with Gasteiger partial charge in [0.2, 0.25) is 0 Å². The lowest BCUT2D eigenvalue weighted by atomic mass is 10.1. The Bertz CT molecular complexity index is 1010. The molecule has 3 N–H and O–H groups in total. The van der Waals surface area contributed by atoms with Crippen LogP contribution in [-0.2, 0) is 17.8 Å². The molecule has 5 nitrogen and oxygen atoms in total. The molecular weight excluding hydrogens is 456 g/mol. The number of nitrogens with two attached hydrogens (primary N) is 1. The minimum atomic E-state index is -0.221. The summed E-state index contributed by atoms with van der Waals surface area (Å²) in [5.41, 5.74) is 4.24. The van der Waals surface area contributed by atoms with Crippen LogP contribution in [0.1, 0.15) is 16.7 Å². The van der Waals surface area contributed by atoms with Gasteiger partial charge in [-0.1, -0.05) is 48.5 Å². The van der Waals surface area contributed by atoms with Gasteiger partial charge in [-0.15, -0.1) is 0 Å². The summed E-state index contributed by atoms with van der Waals surface area (Å²) in [7, 11) is 1.60. The second kappa shape index (κ2) is 11.5. The van der Waals surface area contributed by atoms with Crippen molar-refractivity contribution in [1.82, 2.24) is 0 Å². The molecule has 0 saturated heterocycles. The number of quaternary nitrogens is 1. The Hall–Kier alpha value is -2.83. The highest BCUT2D eigenvalue weighted by atomic mass is 79.9. The van der Waals surface area contributed by atoms with Crippen LogP contribution in [-0.4, -0.2) is 26.2 Å². The van der Waals surface area contributed by atoms with Crippen LogP contribution >= 0.6 is 15.9 Å². The summed E-state index contributed by atoms with van der Waals surface area (Å²) in [6.45, 7) is 3.68. The normalized spacial score (nSPS) is 10.5. The zero-order chi connectivity index (χ0) is 22.1. The standard InChI is InChI=1S/C25H27BrN2O3/c1-18-8-6-7-11-22(18)28-24(29)17-31-25-21(26)14-20(15-23(25)30-2)16-27-13-12-19-9-4-3-5-10-19/h3-11,14-15,27H,12-13,16-17H2,1-2H3,(H,28,29)/p+1. The number of amides is 1. The van der Waals surface area contributed by atoms with Crippen LogP contribution in [0.15, 0.2) is 71.2 Å². The van der Waals surface area contributed by atoms with E-state index in [1.165, 1.54) is 5.56 Å². The molecule has 0 fully saturated rings. The first kappa shape index (κ1) is 22.8. The Morgan fingerprint density at radius 3 is 2.52 bits per heavy atom. The molecule has 162 valence electrons. The average molecular weight is 484 g/mol. The van der Waals surface area contributed by atoms with Crippen molar-refractivity contribution >= 4 is 27.5 Å². The molecule has 6 heteroatoms. The van der Waals surface area contributed by atoms with Crippen molar-refractivity contribution in [1.29, 1.82) is 0 Å². The van der Waals surface area contributed by atoms with Crippen molar-refractivity contribution in [3.8, 4) is 11.5 Å². The Labute approximate surface area is 191 Å². The molecule has 0 aliphatic carbocycles. The molecular formula is C25H28BrN2O3+. The molecule has 0 bridgehead atoms. The summed E-state index contributed by atoms with van der Waals surface area (Å²) in [6.07, 6.45) is 1.02. The second-order valence-corrected chi connectivity index (χ2v) is 8.13. The summed E-state index contributed by atoms with van der Waals surface area (Å²) in [4.78, 5) is 12.3. The number of ether oxygens (including phenoxy) is 2. The smallest absolute Gasteiger partial charge is 0.262 e. The summed E-state index contributed by atoms with van der Waals surface area (Å²) in [6, 6.07) is 22.1. The molecule has 3 aromatic rings. The van der Waals surface area contributed by atoms with Gasteiger partial charge in [-0.3, -0.25) is 4.79 Å². The maximum atomic E-state index is 12.3. The molecule has 0 saturated carbocycles. The maximum absolute atomic E-state index is 12.3. The maximum Gasteiger partial charge on any atom is 0.262 e. The van der Waals surface area contributed by atoms with Gasteiger partial charge in [0.15, 0.2) is 18.1 Å². The van der Waals surface area contributed by atoms with E-state index in [4.69, 9.17) is 9.47 Å². The van der Waals surface area contributed by atoms with Crippen LogP contribution in [0.4, 0.5) is 5.69 Å². The molecule has 0 atom stereocenters. The number of carbonyl (C=O) groups excluding carboxylic acids is 1. The number of anilines is 1. The quantitative estimate of drug-likeness (QED) is 0.426. The fourth-order valence-corrected chi connectivity index (χ4v) is 3.85. The SMILES string of the molecule is COc1cc(C[NH2+]CCc2ccccc2)cc(Br)c1OCC(=O)Nc1ccccc1C. The third kappa shape index (κ3) is 6.84. The number of benzene rings is 3. The van der Waals surface area contributed by atoms with Crippen LogP contribution < -0.4 is 20.1 Å². The summed E-state index contributed by atoms with van der Waals surface area (Å²) in [5.74, 6) is 0.904. The van der Waals surface area contributed by atoms with E-state index in [1.54, 1.807) is 7.11 Å². The highest BCUT2D eigenvalue weighted by molar-refractivity contribution is 9.10. The van der Waals surface area contributed by atoms with Gasteiger partial charge in [-0.25, -0.2) is 0 Å². The van der Waals surface area contributed by atoms with Crippen LogP contribution in [0.25, 0.3) is 0 Å². The van der Waals surface area contributed by atoms with Gasteiger partial charge in [-0.2, -0.15) is 0 Å². The van der Waals surface area contributed by atoms with E-state index in [-0.39, 0.29) is 12.5 Å². The molecule has 0 aromatic heterocycles. The molecule has 3 aromatic carbocycles. The Morgan fingerprint density at radius 1 is 1.03 bits per heavy atom. The first-order valence-corrected chi connectivity index (χ1v) is 11.1. The van der Waals surface area contributed by atoms with Gasteiger partial charge in [0.25, 0.3) is 5.91 Å². The van der Waals surface area contributed by atoms with Crippen molar-refractivity contribution < 1.29 is 19.6 Å². The fraction of sp³-hybridized carbons (Fsp3) is 0.240. The topological polar surface area (TPSA) is 64.2 Å². The van der Waals surface area contributed by atoms with E-state index < -0.39 is 0 Å². The van der Waals surface area contributed by atoms with Gasteiger partial charge < -0.3 is 20.1 Å². The second-order valence-electron chi connectivity index (χ2n) is 7.28. The van der Waals surface area contributed by atoms with Gasteiger partial charge in [0.05, 0.1) is 18.1 Å². The number of para-hydroxylation sites is 1. The lowest BCUT2D eigenvalue weighted by Gasteiger charge is -2.14. The number of hydrogen-bond donors (Lipinski definition) is 2. The minimum Gasteiger partial charge on any atom is -0.493 e. The highest BCUT2D eigenvalue weighted by Crippen LogP contribution is 2.36. The number of carbonyl (C=O) groups is 1. The van der Waals surface area contributed by atoms with E-state index >= 15 is 0 Å². The highest BCUT2D eigenvalue weighted by Gasteiger charge is 2.14. The van der Waals surface area contributed by atoms with Crippen LogP contribution in [0.5, 0.6) is 11.5 Å². The van der Waals surface area contributed by atoms with Gasteiger partial charge >= 0.3 is 0 Å². The van der Waals surface area contributed by atoms with E-state index in [2.05, 4.69) is 50.8 Å². The van der Waals surface area contributed by atoms with Crippen molar-refractivity contribution in [3.63, 3.8) is 0 Å². The van der Waals surface area contributed by atoms with E-state index in [9.17, 15) is 4.79 Å². The largest absolute Gasteiger partial charge is 0.493 e. The Balaban J connectivity index is 1.55. The lowest BCUT2D eigenvalue weighted by molar-refractivity contribution is -0.670. The number of nitrogens with one attached hydrogen (secondary N) is 1. The summed E-state index contributed by atoms with van der Waals surface area (Å²) < 4.78 is 12.1. The third-order valence-corrected chi connectivity index (χ3v) is 5.51. The van der Waals surface area contributed by atoms with Gasteiger partial charge in [0, 0.05) is 17.7 Å². The Morgan fingerprint density at radius 2 is 1.77 bits per heavy atom. The number of rotatable bonds is 10. The molecule has 0 unspecified atom stereocenters. The van der Waals surface area contributed by atoms with E-state index in [0.29, 0.717) is 11.5 Å². The predicted octanol–water partition coefficient (Wildman–Crippen LogP) is 4.09. The van der Waals surface area contributed by atoms with Crippen molar-refractivity contribution in [2.45, 2.75) is 19.9 Å². The summed E-state index contributed by atoms with van der Waals surface area (Å²) in [5, 5.41) is 5.14. The number of aryl methyl sites for hydroxylation is 1. The number of halogens is 1. The molecule has 31 heavy (non-hydrogen) atoms. The minimum absolute atomic E-state index is 0.105. The van der Waals surface area contributed by atoms with Crippen molar-refractivity contribution in [2.24, 2.45) is 0 Å². The lowest BCUT2D eigenvalue weighted by Crippen LogP contribution is -2.83. The zero-order valence-corrected chi connectivity index (χ0v) is 19.4. The predicted molar refractivity (Wildman–Crippen MR) is 127 cm³/mol. The average Bonchev–Trinajstić information content (AvgIpc) is 2.78. The van der Waals surface area contributed by atoms with E-state index in [0.717, 1.165) is 40.8 Å². The van der Waals surface area contributed by atoms with Crippen LogP contribution in [0.2, 0.25) is 0 Å². The molecule has 0 radical (unpaired) electrons. The van der Waals surface area contributed by atoms with Crippen LogP contribution in [0, 0.1) is 6.92 Å². The van der Waals surface area contributed by atoms with Crippen LogP contribution in [0.3, 0.4) is 0 Å². The number of methoxy groups -OCH3 is 1. The first-order chi connectivity index (χ1) is 15.1. The fourth-order valence-electron chi connectivity index (χ4n) is 3.25. The molecule has 0 spiro atoms. The molecule has 0 aliphatic rings.